The van der Waals surface area contributed by atoms with Crippen LogP contribution in [0.5, 0.6) is 5.75 Å². The summed E-state index contributed by atoms with van der Waals surface area (Å²) in [5, 5.41) is 25.3. The van der Waals surface area contributed by atoms with Crippen molar-refractivity contribution in [3.8, 4) is 5.75 Å². The topological polar surface area (TPSA) is 104 Å². The van der Waals surface area contributed by atoms with Crippen LogP contribution in [0, 0.1) is 10.1 Å². The first kappa shape index (κ1) is 17.1. The molecule has 0 radical (unpaired) electrons. The number of aromatic hydroxyl groups is 1. The lowest BCUT2D eigenvalue weighted by Gasteiger charge is -2.09. The van der Waals surface area contributed by atoms with Crippen molar-refractivity contribution < 1.29 is 14.8 Å². The summed E-state index contributed by atoms with van der Waals surface area (Å²) in [6.45, 7) is 0. The molecular formula is C16H13N3O4S. The van der Waals surface area contributed by atoms with Crippen molar-refractivity contribution in [2.75, 3.05) is 5.32 Å². The van der Waals surface area contributed by atoms with Crippen molar-refractivity contribution in [3.05, 3.63) is 70.3 Å². The molecule has 0 aliphatic carbocycles. The highest BCUT2D eigenvalue weighted by Crippen LogP contribution is 2.27. The summed E-state index contributed by atoms with van der Waals surface area (Å²) in [4.78, 5) is 21.7. The van der Waals surface area contributed by atoms with Crippen LogP contribution in [0.4, 0.5) is 11.4 Å². The van der Waals surface area contributed by atoms with E-state index in [0.29, 0.717) is 0 Å². The lowest BCUT2D eigenvalue weighted by atomic mass is 10.2. The monoisotopic (exact) mass is 343 g/mol. The van der Waals surface area contributed by atoms with Crippen LogP contribution in [0.25, 0.3) is 6.08 Å². The fourth-order valence-electron chi connectivity index (χ4n) is 1.78. The minimum Gasteiger partial charge on any atom is -0.506 e. The van der Waals surface area contributed by atoms with Crippen LogP contribution in [0.1, 0.15) is 5.56 Å². The Balaban J connectivity index is 1.94. The first-order valence-corrected chi connectivity index (χ1v) is 7.19. The number of phenolic OH excluding ortho intramolecular Hbond substituents is 1. The Labute approximate surface area is 142 Å². The summed E-state index contributed by atoms with van der Waals surface area (Å²) in [6, 6.07) is 12.7. The molecule has 0 aliphatic rings. The van der Waals surface area contributed by atoms with Crippen LogP contribution in [-0.2, 0) is 4.79 Å². The van der Waals surface area contributed by atoms with Gasteiger partial charge in [0, 0.05) is 12.1 Å². The SMILES string of the molecule is O=C(C=Cc1ccccc1)NC(=S)Nc1ccc([N+](=O)[O-])cc1O. The van der Waals surface area contributed by atoms with E-state index < -0.39 is 10.8 Å². The molecule has 2 aromatic carbocycles. The van der Waals surface area contributed by atoms with E-state index >= 15 is 0 Å². The molecule has 0 aliphatic heterocycles. The van der Waals surface area contributed by atoms with Crippen molar-refractivity contribution >= 4 is 40.7 Å². The van der Waals surface area contributed by atoms with Gasteiger partial charge in [0.25, 0.3) is 5.69 Å². The van der Waals surface area contributed by atoms with E-state index in [1.165, 1.54) is 18.2 Å². The Morgan fingerprint density at radius 3 is 2.54 bits per heavy atom. The third-order valence-corrected chi connectivity index (χ3v) is 3.11. The van der Waals surface area contributed by atoms with Gasteiger partial charge < -0.3 is 10.4 Å². The summed E-state index contributed by atoms with van der Waals surface area (Å²) in [5.74, 6) is -0.793. The molecular weight excluding hydrogens is 330 g/mol. The maximum atomic E-state index is 11.8. The van der Waals surface area contributed by atoms with E-state index in [4.69, 9.17) is 12.2 Å². The van der Waals surface area contributed by atoms with Crippen LogP contribution in [-0.4, -0.2) is 21.0 Å². The number of hydrogen-bond acceptors (Lipinski definition) is 5. The summed E-state index contributed by atoms with van der Waals surface area (Å²) in [7, 11) is 0. The number of nitrogens with zero attached hydrogens (tertiary/aromatic N) is 1. The number of carbonyl (C=O) groups is 1. The predicted octanol–water partition coefficient (Wildman–Crippen LogP) is 2.83. The van der Waals surface area contributed by atoms with Gasteiger partial charge in [0.2, 0.25) is 5.91 Å². The number of nitro benzene ring substituents is 1. The Hall–Kier alpha value is -3.26. The van der Waals surface area contributed by atoms with Gasteiger partial charge in [-0.05, 0) is 29.9 Å². The highest BCUT2D eigenvalue weighted by Gasteiger charge is 2.11. The molecule has 0 atom stereocenters. The zero-order valence-electron chi connectivity index (χ0n) is 12.3. The molecule has 0 fully saturated rings. The fraction of sp³-hybridized carbons (Fsp3) is 0. The van der Waals surface area contributed by atoms with E-state index in [2.05, 4.69) is 10.6 Å². The van der Waals surface area contributed by atoms with Gasteiger partial charge in [-0.25, -0.2) is 0 Å². The van der Waals surface area contributed by atoms with E-state index in [-0.39, 0.29) is 22.2 Å². The standard InChI is InChI=1S/C16H13N3O4S/c20-14-10-12(19(22)23)7-8-13(14)17-16(24)18-15(21)9-6-11-4-2-1-3-5-11/h1-10,20H,(H2,17,18,21,24). The molecule has 0 spiro atoms. The zero-order chi connectivity index (χ0) is 17.5. The first-order valence-electron chi connectivity index (χ1n) is 6.78. The van der Waals surface area contributed by atoms with Gasteiger partial charge in [-0.2, -0.15) is 0 Å². The number of amides is 1. The highest BCUT2D eigenvalue weighted by molar-refractivity contribution is 7.80. The molecule has 7 nitrogen and oxygen atoms in total. The molecule has 8 heteroatoms. The molecule has 0 aromatic heterocycles. The largest absolute Gasteiger partial charge is 0.506 e. The molecule has 122 valence electrons. The maximum Gasteiger partial charge on any atom is 0.273 e. The van der Waals surface area contributed by atoms with Gasteiger partial charge in [-0.15, -0.1) is 0 Å². The Kier molecular flexibility index (Phi) is 5.58. The number of anilines is 1. The molecule has 0 saturated carbocycles. The van der Waals surface area contributed by atoms with Gasteiger partial charge >= 0.3 is 0 Å². The van der Waals surface area contributed by atoms with E-state index in [0.717, 1.165) is 11.6 Å². The Morgan fingerprint density at radius 2 is 1.92 bits per heavy atom. The number of non-ortho nitro benzene ring substituents is 1. The highest BCUT2D eigenvalue weighted by atomic mass is 32.1. The Morgan fingerprint density at radius 1 is 1.21 bits per heavy atom. The Bertz CT molecular complexity index is 806. The van der Waals surface area contributed by atoms with Gasteiger partial charge in [-0.1, -0.05) is 30.3 Å². The molecule has 24 heavy (non-hydrogen) atoms. The van der Waals surface area contributed by atoms with Crippen molar-refractivity contribution in [1.82, 2.24) is 5.32 Å². The van der Waals surface area contributed by atoms with Crippen molar-refractivity contribution in [1.29, 1.82) is 0 Å². The average molecular weight is 343 g/mol. The minimum atomic E-state index is -0.627. The smallest absolute Gasteiger partial charge is 0.273 e. The summed E-state index contributed by atoms with van der Waals surface area (Å²) in [5.41, 5.74) is 0.760. The molecule has 2 rings (SSSR count). The maximum absolute atomic E-state index is 11.8. The van der Waals surface area contributed by atoms with Gasteiger partial charge in [0.1, 0.15) is 5.75 Å². The lowest BCUT2D eigenvalue weighted by molar-refractivity contribution is -0.384. The lowest BCUT2D eigenvalue weighted by Crippen LogP contribution is -2.32. The average Bonchev–Trinajstić information content (AvgIpc) is 2.55. The van der Waals surface area contributed by atoms with Crippen molar-refractivity contribution in [3.63, 3.8) is 0 Å². The number of rotatable bonds is 4. The van der Waals surface area contributed by atoms with Gasteiger partial charge in [-0.3, -0.25) is 20.2 Å². The van der Waals surface area contributed by atoms with Crippen LogP contribution in [0.2, 0.25) is 0 Å². The number of nitrogens with one attached hydrogen (secondary N) is 2. The predicted molar refractivity (Wildman–Crippen MR) is 94.6 cm³/mol. The van der Waals surface area contributed by atoms with E-state index in [9.17, 15) is 20.0 Å². The number of nitro groups is 1. The van der Waals surface area contributed by atoms with Crippen LogP contribution in [0.15, 0.2) is 54.6 Å². The second kappa shape index (κ2) is 7.84. The normalized spacial score (nSPS) is 10.3. The molecule has 0 heterocycles. The van der Waals surface area contributed by atoms with Gasteiger partial charge in [0.05, 0.1) is 16.7 Å². The van der Waals surface area contributed by atoms with Crippen molar-refractivity contribution in [2.45, 2.75) is 0 Å². The number of thiocarbonyl (C=S) groups is 1. The van der Waals surface area contributed by atoms with E-state index in [1.807, 2.05) is 30.3 Å². The second-order valence-corrected chi connectivity index (χ2v) is 5.05. The van der Waals surface area contributed by atoms with Crippen molar-refractivity contribution in [2.24, 2.45) is 0 Å². The number of carbonyl (C=O) groups excluding carboxylic acids is 1. The molecule has 0 bridgehead atoms. The number of benzene rings is 2. The summed E-state index contributed by atoms with van der Waals surface area (Å²) < 4.78 is 0. The fourth-order valence-corrected chi connectivity index (χ4v) is 1.99. The van der Waals surface area contributed by atoms with Crippen LogP contribution in [0.3, 0.4) is 0 Å². The van der Waals surface area contributed by atoms with E-state index in [1.54, 1.807) is 6.08 Å². The summed E-state index contributed by atoms with van der Waals surface area (Å²) >= 11 is 4.97. The molecule has 0 unspecified atom stereocenters. The molecule has 0 saturated heterocycles. The molecule has 2 aromatic rings. The van der Waals surface area contributed by atoms with Crippen LogP contribution >= 0.6 is 12.2 Å². The number of phenols is 1. The third kappa shape index (κ3) is 4.89. The van der Waals surface area contributed by atoms with Gasteiger partial charge in [0.15, 0.2) is 5.11 Å². The quantitative estimate of drug-likeness (QED) is 0.259. The summed E-state index contributed by atoms with van der Waals surface area (Å²) in [6.07, 6.45) is 2.94. The molecule has 3 N–H and O–H groups in total. The molecule has 1 amide bonds. The third-order valence-electron chi connectivity index (χ3n) is 2.90. The minimum absolute atomic E-state index is 0.0399. The second-order valence-electron chi connectivity index (χ2n) is 4.65. The number of hydrogen-bond donors (Lipinski definition) is 3. The first-order chi connectivity index (χ1) is 11.5. The zero-order valence-corrected chi connectivity index (χ0v) is 13.1. The van der Waals surface area contributed by atoms with Crippen LogP contribution < -0.4 is 10.6 Å².